The third kappa shape index (κ3) is 3.91. The lowest BCUT2D eigenvalue weighted by Crippen LogP contribution is -2.08. The van der Waals surface area contributed by atoms with Gasteiger partial charge in [0.15, 0.2) is 5.78 Å². The van der Waals surface area contributed by atoms with E-state index in [1.807, 2.05) is 0 Å². The first-order valence-electron chi connectivity index (χ1n) is 6.74. The average Bonchev–Trinajstić information content (AvgIpc) is 2.55. The topological polar surface area (TPSA) is 80.7 Å². The van der Waals surface area contributed by atoms with E-state index in [0.717, 1.165) is 0 Å². The van der Waals surface area contributed by atoms with Crippen LogP contribution in [0.25, 0.3) is 0 Å². The summed E-state index contributed by atoms with van der Waals surface area (Å²) in [7, 11) is 0. The molecule has 0 heterocycles. The van der Waals surface area contributed by atoms with Crippen molar-refractivity contribution in [2.45, 2.75) is 6.92 Å². The van der Waals surface area contributed by atoms with Crippen LogP contribution in [0.4, 0.5) is 0 Å². The molecule has 1 N–H and O–H groups in total. The van der Waals surface area contributed by atoms with Crippen LogP contribution in [0.3, 0.4) is 0 Å². The summed E-state index contributed by atoms with van der Waals surface area (Å²) < 4.78 is 5.04. The van der Waals surface area contributed by atoms with Crippen molar-refractivity contribution in [3.63, 3.8) is 0 Å². The molecule has 0 spiro atoms. The van der Waals surface area contributed by atoms with Gasteiger partial charge in [0.1, 0.15) is 5.75 Å². The van der Waals surface area contributed by atoms with E-state index < -0.39 is 11.9 Å². The van der Waals surface area contributed by atoms with Gasteiger partial charge >= 0.3 is 11.9 Å². The van der Waals surface area contributed by atoms with Gasteiger partial charge in [-0.3, -0.25) is 4.79 Å². The number of carbonyl (C=O) groups is 3. The highest BCUT2D eigenvalue weighted by molar-refractivity contribution is 6.09. The molecule has 0 aliphatic heterocycles. The molecule has 2 aromatic carbocycles. The van der Waals surface area contributed by atoms with Gasteiger partial charge < -0.3 is 9.84 Å². The number of carboxylic acids is 1. The Morgan fingerprint density at radius 1 is 0.870 bits per heavy atom. The average molecular weight is 310 g/mol. The van der Waals surface area contributed by atoms with Gasteiger partial charge in [0.25, 0.3) is 0 Å². The molecular formula is C18H14O5. The van der Waals surface area contributed by atoms with Gasteiger partial charge in [0.05, 0.1) is 5.56 Å². The molecule has 0 saturated heterocycles. The van der Waals surface area contributed by atoms with Crippen LogP contribution in [0.15, 0.2) is 60.7 Å². The molecule has 5 heteroatoms. The highest BCUT2D eigenvalue weighted by Gasteiger charge is 2.11. The van der Waals surface area contributed by atoms with E-state index in [2.05, 4.69) is 6.58 Å². The lowest BCUT2D eigenvalue weighted by Gasteiger charge is -2.05. The van der Waals surface area contributed by atoms with Crippen molar-refractivity contribution in [2.75, 3.05) is 0 Å². The summed E-state index contributed by atoms with van der Waals surface area (Å²) in [4.78, 5) is 34.5. The van der Waals surface area contributed by atoms with Crippen LogP contribution in [0.2, 0.25) is 0 Å². The molecule has 0 aliphatic carbocycles. The van der Waals surface area contributed by atoms with Crippen molar-refractivity contribution < 1.29 is 24.2 Å². The van der Waals surface area contributed by atoms with Crippen LogP contribution in [-0.4, -0.2) is 22.8 Å². The number of esters is 1. The van der Waals surface area contributed by atoms with E-state index in [1.54, 1.807) is 6.92 Å². The fourth-order valence-electron chi connectivity index (χ4n) is 1.80. The van der Waals surface area contributed by atoms with Crippen molar-refractivity contribution in [1.82, 2.24) is 0 Å². The summed E-state index contributed by atoms with van der Waals surface area (Å²) in [6.07, 6.45) is 0. The lowest BCUT2D eigenvalue weighted by molar-refractivity contribution is -0.130. The minimum atomic E-state index is -1.05. The van der Waals surface area contributed by atoms with Crippen LogP contribution >= 0.6 is 0 Å². The number of ketones is 1. The number of carbonyl (C=O) groups excluding carboxylic acids is 2. The van der Waals surface area contributed by atoms with E-state index in [-0.39, 0.29) is 16.9 Å². The fourth-order valence-corrected chi connectivity index (χ4v) is 1.80. The second-order valence-corrected chi connectivity index (χ2v) is 4.91. The van der Waals surface area contributed by atoms with Crippen molar-refractivity contribution >= 4 is 17.7 Å². The Balaban J connectivity index is 2.15. The van der Waals surface area contributed by atoms with Gasteiger partial charge in [-0.25, -0.2) is 9.59 Å². The number of benzene rings is 2. The molecule has 23 heavy (non-hydrogen) atoms. The number of carboxylic acid groups (broad SMARTS) is 1. The number of aromatic carboxylic acids is 1. The zero-order chi connectivity index (χ0) is 17.0. The molecule has 0 radical (unpaired) electrons. The van der Waals surface area contributed by atoms with Crippen molar-refractivity contribution in [2.24, 2.45) is 0 Å². The molecule has 2 rings (SSSR count). The zero-order valence-electron chi connectivity index (χ0n) is 12.4. The summed E-state index contributed by atoms with van der Waals surface area (Å²) in [5, 5.41) is 8.84. The third-order valence-electron chi connectivity index (χ3n) is 3.07. The fraction of sp³-hybridized carbons (Fsp3) is 0.0556. The van der Waals surface area contributed by atoms with Crippen LogP contribution in [0.5, 0.6) is 5.75 Å². The quantitative estimate of drug-likeness (QED) is 0.397. The van der Waals surface area contributed by atoms with E-state index in [4.69, 9.17) is 9.84 Å². The standard InChI is InChI=1S/C18H14O5/c1-11(2)18(22)23-15-9-7-13(8-10-15)16(19)12-3-5-14(6-4-12)17(20)21/h3-10H,1H2,2H3,(H,20,21). The minimum Gasteiger partial charge on any atom is -0.478 e. The van der Waals surface area contributed by atoms with Gasteiger partial charge in [-0.15, -0.1) is 0 Å². The summed E-state index contributed by atoms with van der Waals surface area (Å²) >= 11 is 0. The Hall–Kier alpha value is -3.21. The van der Waals surface area contributed by atoms with E-state index in [1.165, 1.54) is 48.5 Å². The maximum Gasteiger partial charge on any atom is 0.338 e. The third-order valence-corrected chi connectivity index (χ3v) is 3.07. The predicted octanol–water partition coefficient (Wildman–Crippen LogP) is 3.10. The Labute approximate surface area is 132 Å². The summed E-state index contributed by atoms with van der Waals surface area (Å²) in [6, 6.07) is 11.8. The van der Waals surface area contributed by atoms with Gasteiger partial charge in [0.2, 0.25) is 0 Å². The maximum atomic E-state index is 12.3. The van der Waals surface area contributed by atoms with Gasteiger partial charge in [0, 0.05) is 16.7 Å². The summed E-state index contributed by atoms with van der Waals surface area (Å²) in [5.41, 5.74) is 1.18. The Morgan fingerprint density at radius 2 is 1.30 bits per heavy atom. The number of rotatable bonds is 5. The molecule has 0 saturated carbocycles. The molecule has 0 fully saturated rings. The van der Waals surface area contributed by atoms with Gasteiger partial charge in [-0.05, 0) is 43.3 Å². The molecule has 0 aromatic heterocycles. The molecule has 0 atom stereocenters. The summed E-state index contributed by atoms with van der Waals surface area (Å²) in [6.45, 7) is 5.03. The van der Waals surface area contributed by atoms with Gasteiger partial charge in [-0.1, -0.05) is 18.7 Å². The first-order chi connectivity index (χ1) is 10.9. The molecule has 116 valence electrons. The highest BCUT2D eigenvalue weighted by Crippen LogP contribution is 2.17. The molecule has 0 bridgehead atoms. The molecular weight excluding hydrogens is 296 g/mol. The number of hydrogen-bond donors (Lipinski definition) is 1. The second-order valence-electron chi connectivity index (χ2n) is 4.91. The first kappa shape index (κ1) is 16.2. The second kappa shape index (κ2) is 6.70. The lowest BCUT2D eigenvalue weighted by atomic mass is 10.0. The van der Waals surface area contributed by atoms with Crippen LogP contribution in [0.1, 0.15) is 33.2 Å². The number of ether oxygens (including phenoxy) is 1. The molecule has 0 aliphatic rings. The minimum absolute atomic E-state index is 0.114. The zero-order valence-corrected chi connectivity index (χ0v) is 12.4. The monoisotopic (exact) mass is 310 g/mol. The summed E-state index contributed by atoms with van der Waals surface area (Å²) in [5.74, 6) is -1.52. The SMILES string of the molecule is C=C(C)C(=O)Oc1ccc(C(=O)c2ccc(C(=O)O)cc2)cc1. The normalized spacial score (nSPS) is 9.96. The van der Waals surface area contributed by atoms with Crippen molar-refractivity contribution in [3.05, 3.63) is 77.4 Å². The van der Waals surface area contributed by atoms with E-state index >= 15 is 0 Å². The van der Waals surface area contributed by atoms with Gasteiger partial charge in [-0.2, -0.15) is 0 Å². The molecule has 5 nitrogen and oxygen atoms in total. The Kier molecular flexibility index (Phi) is 4.71. The Morgan fingerprint density at radius 3 is 1.74 bits per heavy atom. The van der Waals surface area contributed by atoms with Crippen molar-refractivity contribution in [3.8, 4) is 5.75 Å². The number of hydrogen-bond acceptors (Lipinski definition) is 4. The predicted molar refractivity (Wildman–Crippen MR) is 83.7 cm³/mol. The Bertz CT molecular complexity index is 770. The maximum absolute atomic E-state index is 12.3. The van der Waals surface area contributed by atoms with E-state index in [9.17, 15) is 14.4 Å². The molecule has 0 unspecified atom stereocenters. The van der Waals surface area contributed by atoms with Crippen LogP contribution in [0, 0.1) is 0 Å². The van der Waals surface area contributed by atoms with E-state index in [0.29, 0.717) is 16.9 Å². The molecule has 2 aromatic rings. The molecule has 0 amide bonds. The van der Waals surface area contributed by atoms with Crippen LogP contribution < -0.4 is 4.74 Å². The van der Waals surface area contributed by atoms with Crippen molar-refractivity contribution in [1.29, 1.82) is 0 Å². The smallest absolute Gasteiger partial charge is 0.338 e. The largest absolute Gasteiger partial charge is 0.478 e. The first-order valence-corrected chi connectivity index (χ1v) is 6.74. The highest BCUT2D eigenvalue weighted by atomic mass is 16.5. The van der Waals surface area contributed by atoms with Crippen LogP contribution in [-0.2, 0) is 4.79 Å².